The van der Waals surface area contributed by atoms with Crippen molar-refractivity contribution >= 4 is 29.0 Å². The van der Waals surface area contributed by atoms with Gasteiger partial charge in [-0.05, 0) is 75.0 Å². The number of allylic oxidation sites excluding steroid dienone is 5. The molecule has 0 amide bonds. The molecule has 0 bridgehead atoms. The number of nitrogens with one attached hydrogen (secondary N) is 2. The van der Waals surface area contributed by atoms with Crippen LogP contribution in [0.15, 0.2) is 67.4 Å². The van der Waals surface area contributed by atoms with Crippen LogP contribution in [0.5, 0.6) is 0 Å². The lowest BCUT2D eigenvalue weighted by Crippen LogP contribution is -2.17. The first-order valence-corrected chi connectivity index (χ1v) is 10.7. The van der Waals surface area contributed by atoms with Crippen molar-refractivity contribution in [2.45, 2.75) is 13.3 Å². The average molecular weight is 459 g/mol. The molecule has 3 N–H and O–H groups in total. The van der Waals surface area contributed by atoms with Gasteiger partial charge in [-0.25, -0.2) is 9.78 Å². The summed E-state index contributed by atoms with van der Waals surface area (Å²) in [6.45, 7) is 11.2. The smallest absolute Gasteiger partial charge is 0.328 e. The summed E-state index contributed by atoms with van der Waals surface area (Å²) in [4.78, 5) is 22.0. The van der Waals surface area contributed by atoms with Crippen LogP contribution in [-0.4, -0.2) is 53.1 Å². The van der Waals surface area contributed by atoms with Gasteiger partial charge in [0.25, 0.3) is 0 Å². The number of rotatable bonds is 12. The van der Waals surface area contributed by atoms with E-state index in [0.717, 1.165) is 24.6 Å². The Balaban J connectivity index is 2.38. The fourth-order valence-corrected chi connectivity index (χ4v) is 3.01. The van der Waals surface area contributed by atoms with Crippen molar-refractivity contribution in [2.24, 2.45) is 0 Å². The monoisotopic (exact) mass is 458 g/mol. The molecule has 8 nitrogen and oxygen atoms in total. The molecule has 2 rings (SSSR count). The maximum atomic E-state index is 10.8. The van der Waals surface area contributed by atoms with Gasteiger partial charge in [0.2, 0.25) is 5.95 Å². The van der Waals surface area contributed by atoms with Crippen molar-refractivity contribution < 1.29 is 9.90 Å². The van der Waals surface area contributed by atoms with Crippen LogP contribution in [0.2, 0.25) is 0 Å². The summed E-state index contributed by atoms with van der Waals surface area (Å²) in [5.74, 6) is -0.0722. The molecule has 1 heterocycles. The van der Waals surface area contributed by atoms with E-state index < -0.39 is 5.97 Å². The van der Waals surface area contributed by atoms with Gasteiger partial charge in [-0.1, -0.05) is 25.3 Å². The third kappa shape index (κ3) is 8.04. The molecule has 1 aromatic heterocycles. The number of nitrogens with zero attached hydrogens (tertiary/aromatic N) is 4. The van der Waals surface area contributed by atoms with Crippen LogP contribution in [0.25, 0.3) is 5.57 Å². The van der Waals surface area contributed by atoms with Gasteiger partial charge in [-0.3, -0.25) is 0 Å². The summed E-state index contributed by atoms with van der Waals surface area (Å²) in [6, 6.07) is 7.66. The molecule has 0 aliphatic carbocycles. The van der Waals surface area contributed by atoms with Crippen molar-refractivity contribution in [3.8, 4) is 6.07 Å². The van der Waals surface area contributed by atoms with E-state index in [4.69, 9.17) is 5.11 Å². The molecule has 0 saturated carbocycles. The Bertz CT molecular complexity index is 1160. The number of aryl methyl sites for hydroxylation is 1. The number of carbonyl (C=O) groups is 1. The van der Waals surface area contributed by atoms with E-state index in [0.29, 0.717) is 46.3 Å². The number of hydrogen-bond acceptors (Lipinski definition) is 7. The molecule has 0 spiro atoms. The minimum absolute atomic E-state index is 0.375. The molecule has 0 atom stereocenters. The summed E-state index contributed by atoms with van der Waals surface area (Å²) in [5, 5.41) is 24.7. The highest BCUT2D eigenvalue weighted by atomic mass is 16.4. The molecule has 0 fully saturated rings. The summed E-state index contributed by atoms with van der Waals surface area (Å²) >= 11 is 0. The lowest BCUT2D eigenvalue weighted by atomic mass is 10.0. The largest absolute Gasteiger partial charge is 0.478 e. The Kier molecular flexibility index (Phi) is 9.74. The number of carboxylic acids is 1. The maximum Gasteiger partial charge on any atom is 0.328 e. The lowest BCUT2D eigenvalue weighted by molar-refractivity contribution is -0.131. The summed E-state index contributed by atoms with van der Waals surface area (Å²) in [6.07, 6.45) is 8.39. The summed E-state index contributed by atoms with van der Waals surface area (Å²) in [7, 11) is 4.04. The molecule has 34 heavy (non-hydrogen) atoms. The number of nitriles is 1. The molecule has 0 radical (unpaired) electrons. The van der Waals surface area contributed by atoms with Crippen LogP contribution >= 0.6 is 0 Å². The van der Waals surface area contributed by atoms with E-state index in [9.17, 15) is 10.1 Å². The van der Waals surface area contributed by atoms with Gasteiger partial charge in [0.15, 0.2) is 0 Å². The first-order valence-electron chi connectivity index (χ1n) is 10.7. The normalized spacial score (nSPS) is 11.3. The van der Waals surface area contributed by atoms with Crippen molar-refractivity contribution in [3.05, 3.63) is 84.1 Å². The highest BCUT2D eigenvalue weighted by molar-refractivity contribution is 5.84. The van der Waals surface area contributed by atoms with Crippen molar-refractivity contribution in [3.63, 3.8) is 0 Å². The van der Waals surface area contributed by atoms with E-state index in [1.807, 2.05) is 33.2 Å². The van der Waals surface area contributed by atoms with Gasteiger partial charge in [0.1, 0.15) is 5.82 Å². The first kappa shape index (κ1) is 26.0. The average Bonchev–Trinajstić information content (AvgIpc) is 2.80. The van der Waals surface area contributed by atoms with Crippen LogP contribution in [0.3, 0.4) is 0 Å². The Hall–Kier alpha value is -4.22. The topological polar surface area (TPSA) is 114 Å². The molecule has 176 valence electrons. The Morgan fingerprint density at radius 1 is 1.32 bits per heavy atom. The highest BCUT2D eigenvalue weighted by Crippen LogP contribution is 2.26. The quantitative estimate of drug-likeness (QED) is 0.241. The first-order chi connectivity index (χ1) is 16.2. The predicted molar refractivity (Wildman–Crippen MR) is 137 cm³/mol. The number of hydrogen-bond donors (Lipinski definition) is 3. The van der Waals surface area contributed by atoms with Crippen LogP contribution in [0, 0.1) is 18.3 Å². The lowest BCUT2D eigenvalue weighted by Gasteiger charge is -2.15. The van der Waals surface area contributed by atoms with E-state index in [1.54, 1.807) is 24.4 Å². The van der Waals surface area contributed by atoms with E-state index >= 15 is 0 Å². The van der Waals surface area contributed by atoms with Crippen molar-refractivity contribution in [1.29, 1.82) is 5.26 Å². The van der Waals surface area contributed by atoms with Crippen LogP contribution in [0.4, 0.5) is 17.5 Å². The fourth-order valence-electron chi connectivity index (χ4n) is 3.01. The second-order valence-electron chi connectivity index (χ2n) is 7.86. The van der Waals surface area contributed by atoms with Gasteiger partial charge < -0.3 is 20.6 Å². The van der Waals surface area contributed by atoms with Crippen molar-refractivity contribution in [1.82, 2.24) is 14.9 Å². The van der Waals surface area contributed by atoms with E-state index in [1.165, 1.54) is 6.08 Å². The molecular formula is C26H30N6O2. The molecular weight excluding hydrogens is 428 g/mol. The van der Waals surface area contributed by atoms with Gasteiger partial charge in [-0.15, -0.1) is 0 Å². The van der Waals surface area contributed by atoms with Gasteiger partial charge in [-0.2, -0.15) is 10.2 Å². The Morgan fingerprint density at radius 2 is 2.09 bits per heavy atom. The van der Waals surface area contributed by atoms with E-state index in [2.05, 4.69) is 44.7 Å². The highest BCUT2D eigenvalue weighted by Gasteiger charge is 2.11. The summed E-state index contributed by atoms with van der Waals surface area (Å²) < 4.78 is 0. The zero-order chi connectivity index (χ0) is 25.1. The summed E-state index contributed by atoms with van der Waals surface area (Å²) in [5.41, 5.74) is 4.08. The van der Waals surface area contributed by atoms with Crippen LogP contribution in [0.1, 0.15) is 23.1 Å². The predicted octanol–water partition coefficient (Wildman–Crippen LogP) is 4.53. The molecule has 8 heteroatoms. The minimum Gasteiger partial charge on any atom is -0.478 e. The van der Waals surface area contributed by atoms with Gasteiger partial charge in [0.05, 0.1) is 11.6 Å². The van der Waals surface area contributed by atoms with Crippen molar-refractivity contribution in [2.75, 3.05) is 37.8 Å². The molecule has 0 aliphatic heterocycles. The number of aromatic nitrogens is 2. The zero-order valence-corrected chi connectivity index (χ0v) is 19.8. The molecule has 2 aromatic rings. The van der Waals surface area contributed by atoms with Crippen LogP contribution in [-0.2, 0) is 4.79 Å². The molecule has 1 aromatic carbocycles. The van der Waals surface area contributed by atoms with Crippen LogP contribution < -0.4 is 10.6 Å². The maximum absolute atomic E-state index is 10.8. The number of anilines is 3. The third-order valence-corrected chi connectivity index (χ3v) is 4.79. The Labute approximate surface area is 200 Å². The second kappa shape index (κ2) is 12.7. The second-order valence-corrected chi connectivity index (χ2v) is 7.86. The standard InChI is InChI=1S/C26H30N6O2/c1-6-20(14-18(2)8-11-24(33)34)23-17-29-26(31-25(23)28-12-7-13-32(4)5)30-22-10-9-19(3)21(15-22)16-27/h6,8-11,14-15,17H,1-2,7,12-13H2,3-5H3,(H,33,34)(H2,28,29,30,31)/b11-8+,20-14+. The zero-order valence-electron chi connectivity index (χ0n) is 19.8. The third-order valence-electron chi connectivity index (χ3n) is 4.79. The SMILES string of the molecule is C=C/C(=C\C(=C)/C=C/C(=O)O)c1cnc(Nc2ccc(C)c(C#N)c2)nc1NCCCN(C)C. The fraction of sp³-hybridized carbons (Fsp3) is 0.231. The molecule has 0 saturated heterocycles. The minimum atomic E-state index is -1.05. The Morgan fingerprint density at radius 3 is 2.74 bits per heavy atom. The number of benzene rings is 1. The number of aliphatic carboxylic acids is 1. The van der Waals surface area contributed by atoms with Gasteiger partial charge in [0, 0.05) is 30.1 Å². The van der Waals surface area contributed by atoms with E-state index in [-0.39, 0.29) is 0 Å². The molecule has 0 aliphatic rings. The number of carboxylic acid groups (broad SMARTS) is 1. The molecule has 0 unspecified atom stereocenters. The van der Waals surface area contributed by atoms with Gasteiger partial charge >= 0.3 is 5.97 Å².